The fraction of sp³-hybridized carbons (Fsp3) is 0.154. The van der Waals surface area contributed by atoms with E-state index in [0.29, 0.717) is 5.52 Å². The Morgan fingerprint density at radius 3 is 2.78 bits per heavy atom. The van der Waals surface area contributed by atoms with Gasteiger partial charge in [0.2, 0.25) is 0 Å². The number of fused-ring (bicyclic) bond motifs is 1. The van der Waals surface area contributed by atoms with E-state index in [2.05, 4.69) is 28.3 Å². The number of hydrogen-bond acceptors (Lipinski definition) is 3. The van der Waals surface area contributed by atoms with Crippen LogP contribution >= 0.6 is 0 Å². The minimum atomic E-state index is -0.235. The first kappa shape index (κ1) is 10.7. The van der Waals surface area contributed by atoms with Crippen molar-refractivity contribution in [3.05, 3.63) is 52.1 Å². The second-order valence-electron chi connectivity index (χ2n) is 4.36. The first-order chi connectivity index (χ1) is 8.65. The number of rotatable bonds is 1. The van der Waals surface area contributed by atoms with E-state index in [4.69, 9.17) is 0 Å². The lowest BCUT2D eigenvalue weighted by atomic mass is 10.0. The summed E-state index contributed by atoms with van der Waals surface area (Å²) < 4.78 is 1.49. The maximum absolute atomic E-state index is 11.6. The van der Waals surface area contributed by atoms with Gasteiger partial charge in [0.25, 0.3) is 5.56 Å². The van der Waals surface area contributed by atoms with E-state index in [1.54, 1.807) is 6.07 Å². The minimum absolute atomic E-state index is 0.235. The molecule has 2 heterocycles. The van der Waals surface area contributed by atoms with Crippen LogP contribution in [0.25, 0.3) is 16.8 Å². The Hall–Kier alpha value is -2.43. The molecular weight excluding hydrogens is 228 g/mol. The van der Waals surface area contributed by atoms with Crippen LogP contribution in [0.1, 0.15) is 11.1 Å². The van der Waals surface area contributed by atoms with Gasteiger partial charge in [-0.15, -0.1) is 0 Å². The van der Waals surface area contributed by atoms with E-state index >= 15 is 0 Å². The Morgan fingerprint density at radius 1 is 1.22 bits per heavy atom. The molecule has 18 heavy (non-hydrogen) atoms. The van der Waals surface area contributed by atoms with Gasteiger partial charge in [-0.3, -0.25) is 4.79 Å². The predicted octanol–water partition coefficient (Wildman–Crippen LogP) is 1.70. The molecule has 5 heteroatoms. The summed E-state index contributed by atoms with van der Waals surface area (Å²) in [7, 11) is 0. The Balaban J connectivity index is 2.26. The zero-order chi connectivity index (χ0) is 12.7. The Labute approximate surface area is 103 Å². The van der Waals surface area contributed by atoms with Crippen molar-refractivity contribution in [3.8, 4) is 11.3 Å². The summed E-state index contributed by atoms with van der Waals surface area (Å²) in [6, 6.07) is 7.93. The lowest BCUT2D eigenvalue weighted by Gasteiger charge is -2.02. The van der Waals surface area contributed by atoms with Gasteiger partial charge in [-0.25, -0.2) is 9.61 Å². The smallest absolute Gasteiger partial charge is 0.266 e. The quantitative estimate of drug-likeness (QED) is 0.704. The van der Waals surface area contributed by atoms with Gasteiger partial charge in [-0.05, 0) is 25.5 Å². The maximum Gasteiger partial charge on any atom is 0.290 e. The summed E-state index contributed by atoms with van der Waals surface area (Å²) in [6.45, 7) is 4.09. The molecule has 0 unspecified atom stereocenters. The van der Waals surface area contributed by atoms with Crippen molar-refractivity contribution in [2.75, 3.05) is 0 Å². The van der Waals surface area contributed by atoms with Gasteiger partial charge in [-0.2, -0.15) is 10.2 Å². The number of nitrogens with zero attached hydrogens (tertiary/aromatic N) is 3. The van der Waals surface area contributed by atoms with Crippen molar-refractivity contribution in [3.63, 3.8) is 0 Å². The second-order valence-corrected chi connectivity index (χ2v) is 4.36. The molecular formula is C13H12N4O. The third kappa shape index (κ3) is 1.60. The fourth-order valence-electron chi connectivity index (χ4n) is 2.08. The van der Waals surface area contributed by atoms with Gasteiger partial charge in [0.05, 0.1) is 5.69 Å². The molecule has 0 bridgehead atoms. The zero-order valence-corrected chi connectivity index (χ0v) is 10.1. The SMILES string of the molecule is Cc1ccc(-c2cc3c(=O)[nH]ncn3n2)c(C)c1. The largest absolute Gasteiger partial charge is 0.290 e. The molecule has 3 aromatic rings. The van der Waals surface area contributed by atoms with Crippen LogP contribution in [0.5, 0.6) is 0 Å². The second kappa shape index (κ2) is 3.80. The zero-order valence-electron chi connectivity index (χ0n) is 10.1. The molecule has 2 aromatic heterocycles. The Kier molecular flexibility index (Phi) is 2.26. The Bertz CT molecular complexity index is 785. The van der Waals surface area contributed by atoms with Crippen LogP contribution in [0.3, 0.4) is 0 Å². The summed E-state index contributed by atoms with van der Waals surface area (Å²) in [5.41, 5.74) is 4.43. The van der Waals surface area contributed by atoms with Crippen molar-refractivity contribution in [2.24, 2.45) is 0 Å². The number of hydrogen-bond donors (Lipinski definition) is 1. The first-order valence-corrected chi connectivity index (χ1v) is 5.66. The molecule has 0 saturated heterocycles. The number of nitrogens with one attached hydrogen (secondary N) is 1. The molecule has 0 atom stereocenters. The normalized spacial score (nSPS) is 11.0. The average molecular weight is 240 g/mol. The van der Waals surface area contributed by atoms with E-state index < -0.39 is 0 Å². The molecule has 3 rings (SSSR count). The van der Waals surface area contributed by atoms with Crippen LogP contribution in [0.4, 0.5) is 0 Å². The number of aryl methyl sites for hydroxylation is 2. The molecule has 0 spiro atoms. The molecule has 0 aliphatic carbocycles. The molecule has 0 saturated carbocycles. The summed E-state index contributed by atoms with van der Waals surface area (Å²) in [6.07, 6.45) is 1.49. The van der Waals surface area contributed by atoms with Crippen LogP contribution in [0.15, 0.2) is 35.4 Å². The molecule has 90 valence electrons. The summed E-state index contributed by atoms with van der Waals surface area (Å²) in [5, 5.41) is 10.5. The molecule has 0 aliphatic rings. The molecule has 0 aliphatic heterocycles. The van der Waals surface area contributed by atoms with Crippen LogP contribution in [0.2, 0.25) is 0 Å². The third-order valence-corrected chi connectivity index (χ3v) is 2.96. The highest BCUT2D eigenvalue weighted by molar-refractivity contribution is 5.68. The number of aromatic nitrogens is 4. The van der Waals surface area contributed by atoms with Crippen LogP contribution in [0, 0.1) is 13.8 Å². The van der Waals surface area contributed by atoms with Crippen molar-refractivity contribution in [1.29, 1.82) is 0 Å². The third-order valence-electron chi connectivity index (χ3n) is 2.96. The molecule has 0 fully saturated rings. The van der Waals surface area contributed by atoms with Gasteiger partial charge in [-0.1, -0.05) is 23.8 Å². The number of H-pyrrole nitrogens is 1. The van der Waals surface area contributed by atoms with Crippen molar-refractivity contribution in [1.82, 2.24) is 19.8 Å². The van der Waals surface area contributed by atoms with Crippen LogP contribution < -0.4 is 5.56 Å². The van der Waals surface area contributed by atoms with Gasteiger partial charge >= 0.3 is 0 Å². The molecule has 1 N–H and O–H groups in total. The lowest BCUT2D eigenvalue weighted by molar-refractivity contribution is 0.848. The van der Waals surface area contributed by atoms with E-state index in [1.807, 2.05) is 19.1 Å². The number of benzene rings is 1. The maximum atomic E-state index is 11.6. The standard InChI is InChI=1S/C13H12N4O/c1-8-3-4-10(9(2)5-8)11-6-12-13(18)15-14-7-17(12)16-11/h3-7H,1-2H3,(H,15,18). The first-order valence-electron chi connectivity index (χ1n) is 5.66. The lowest BCUT2D eigenvalue weighted by Crippen LogP contribution is -2.10. The van der Waals surface area contributed by atoms with Crippen LogP contribution in [-0.4, -0.2) is 19.8 Å². The van der Waals surface area contributed by atoms with Crippen molar-refractivity contribution < 1.29 is 0 Å². The topological polar surface area (TPSA) is 63.0 Å². The van der Waals surface area contributed by atoms with Crippen molar-refractivity contribution >= 4 is 5.52 Å². The van der Waals surface area contributed by atoms with E-state index in [1.165, 1.54) is 16.4 Å². The van der Waals surface area contributed by atoms with Crippen molar-refractivity contribution in [2.45, 2.75) is 13.8 Å². The van der Waals surface area contributed by atoms with Crippen LogP contribution in [-0.2, 0) is 0 Å². The highest BCUT2D eigenvalue weighted by Crippen LogP contribution is 2.23. The predicted molar refractivity (Wildman–Crippen MR) is 68.5 cm³/mol. The molecule has 0 radical (unpaired) electrons. The average Bonchev–Trinajstić information content (AvgIpc) is 2.74. The fourth-order valence-corrected chi connectivity index (χ4v) is 2.08. The molecule has 1 aromatic carbocycles. The van der Waals surface area contributed by atoms with Gasteiger partial charge in [0.1, 0.15) is 11.8 Å². The summed E-state index contributed by atoms with van der Waals surface area (Å²) >= 11 is 0. The van der Waals surface area contributed by atoms with Gasteiger partial charge < -0.3 is 0 Å². The van der Waals surface area contributed by atoms with E-state index in [9.17, 15) is 4.79 Å². The highest BCUT2D eigenvalue weighted by atomic mass is 16.1. The van der Waals surface area contributed by atoms with E-state index in [-0.39, 0.29) is 5.56 Å². The highest BCUT2D eigenvalue weighted by Gasteiger charge is 2.09. The van der Waals surface area contributed by atoms with E-state index in [0.717, 1.165) is 16.8 Å². The molecule has 0 amide bonds. The van der Waals surface area contributed by atoms with Gasteiger partial charge in [0, 0.05) is 5.56 Å². The van der Waals surface area contributed by atoms with Gasteiger partial charge in [0.15, 0.2) is 0 Å². The minimum Gasteiger partial charge on any atom is -0.266 e. The summed E-state index contributed by atoms with van der Waals surface area (Å²) in [4.78, 5) is 11.6. The monoisotopic (exact) mass is 240 g/mol. The Morgan fingerprint density at radius 2 is 2.06 bits per heavy atom. The summed E-state index contributed by atoms with van der Waals surface area (Å²) in [5.74, 6) is 0. The molecule has 5 nitrogen and oxygen atoms in total. The number of aromatic amines is 1.